The molecular formula is C14H18N2O3. The van der Waals surface area contributed by atoms with Crippen LogP contribution >= 0.6 is 0 Å². The van der Waals surface area contributed by atoms with Crippen molar-refractivity contribution in [1.82, 2.24) is 10.2 Å². The van der Waals surface area contributed by atoms with Crippen LogP contribution in [-0.4, -0.2) is 41.3 Å². The first kappa shape index (κ1) is 12.3. The Balaban J connectivity index is 1.85. The van der Waals surface area contributed by atoms with Crippen molar-refractivity contribution < 1.29 is 14.6 Å². The highest BCUT2D eigenvalue weighted by atomic mass is 16.6. The molecule has 1 aromatic rings. The summed E-state index contributed by atoms with van der Waals surface area (Å²) in [7, 11) is 0. The number of cyclic esters (lactones) is 1. The summed E-state index contributed by atoms with van der Waals surface area (Å²) in [4.78, 5) is 13.7. The quantitative estimate of drug-likeness (QED) is 0.847. The van der Waals surface area contributed by atoms with E-state index in [0.717, 1.165) is 31.5 Å². The van der Waals surface area contributed by atoms with Gasteiger partial charge in [0.15, 0.2) is 0 Å². The van der Waals surface area contributed by atoms with E-state index in [2.05, 4.69) is 5.32 Å². The summed E-state index contributed by atoms with van der Waals surface area (Å²) in [5, 5.41) is 13.2. The molecule has 1 aromatic carbocycles. The Kier molecular flexibility index (Phi) is 3.06. The molecule has 2 saturated heterocycles. The number of piperidine rings is 1. The molecular weight excluding hydrogens is 244 g/mol. The number of nitrogens with zero attached hydrogens (tertiary/aromatic N) is 1. The summed E-state index contributed by atoms with van der Waals surface area (Å²) < 4.78 is 5.24. The van der Waals surface area contributed by atoms with E-state index in [4.69, 9.17) is 4.74 Å². The molecule has 0 aliphatic carbocycles. The normalized spacial score (nSPS) is 26.7. The van der Waals surface area contributed by atoms with E-state index >= 15 is 0 Å². The van der Waals surface area contributed by atoms with E-state index in [9.17, 15) is 9.90 Å². The molecule has 0 radical (unpaired) electrons. The van der Waals surface area contributed by atoms with Gasteiger partial charge >= 0.3 is 6.09 Å². The first-order valence-corrected chi connectivity index (χ1v) is 6.63. The third-order valence-corrected chi connectivity index (χ3v) is 4.03. The van der Waals surface area contributed by atoms with Crippen molar-refractivity contribution in [2.45, 2.75) is 24.9 Å². The highest BCUT2D eigenvalue weighted by Crippen LogP contribution is 2.33. The van der Waals surface area contributed by atoms with Gasteiger partial charge in [-0.2, -0.15) is 0 Å². The number of nitrogens with one attached hydrogen (secondary N) is 1. The van der Waals surface area contributed by atoms with Gasteiger partial charge in [-0.3, -0.25) is 4.90 Å². The van der Waals surface area contributed by atoms with E-state index in [1.165, 1.54) is 0 Å². The molecule has 5 heteroatoms. The lowest BCUT2D eigenvalue weighted by molar-refractivity contribution is 0.123. The molecule has 2 fully saturated rings. The minimum atomic E-state index is -0.285. The van der Waals surface area contributed by atoms with Crippen LogP contribution in [0.4, 0.5) is 4.79 Å². The van der Waals surface area contributed by atoms with Gasteiger partial charge in [-0.25, -0.2) is 4.79 Å². The number of amides is 1. The van der Waals surface area contributed by atoms with Crippen LogP contribution in [0.1, 0.15) is 18.4 Å². The molecule has 2 aliphatic rings. The highest BCUT2D eigenvalue weighted by Gasteiger charge is 2.47. The van der Waals surface area contributed by atoms with E-state index in [0.29, 0.717) is 13.2 Å². The zero-order valence-electron chi connectivity index (χ0n) is 10.8. The van der Waals surface area contributed by atoms with Crippen molar-refractivity contribution in [3.63, 3.8) is 0 Å². The fourth-order valence-corrected chi connectivity index (χ4v) is 2.90. The molecule has 1 atom stereocenters. The second kappa shape index (κ2) is 4.74. The molecule has 102 valence electrons. The van der Waals surface area contributed by atoms with Crippen LogP contribution < -0.4 is 5.32 Å². The molecule has 1 amide bonds. The van der Waals surface area contributed by atoms with Gasteiger partial charge in [0.25, 0.3) is 0 Å². The van der Waals surface area contributed by atoms with Crippen LogP contribution in [-0.2, 0) is 11.3 Å². The minimum absolute atomic E-state index is 0.223. The lowest BCUT2D eigenvalue weighted by Gasteiger charge is -2.38. The van der Waals surface area contributed by atoms with Crippen LogP contribution in [0.3, 0.4) is 0 Å². The van der Waals surface area contributed by atoms with Crippen LogP contribution in [0, 0.1) is 0 Å². The van der Waals surface area contributed by atoms with E-state index in [1.807, 2.05) is 12.1 Å². The number of ether oxygens (including phenoxy) is 1. The molecule has 2 aliphatic heterocycles. The maximum absolute atomic E-state index is 12.0. The summed E-state index contributed by atoms with van der Waals surface area (Å²) >= 11 is 0. The first-order valence-electron chi connectivity index (χ1n) is 6.63. The Bertz CT molecular complexity index is 483. The minimum Gasteiger partial charge on any atom is -0.508 e. The van der Waals surface area contributed by atoms with Crippen LogP contribution in [0.15, 0.2) is 24.3 Å². The lowest BCUT2D eigenvalue weighted by atomic mass is 9.89. The zero-order chi connectivity index (χ0) is 13.3. The average Bonchev–Trinajstić information content (AvgIpc) is 2.71. The number of para-hydroxylation sites is 1. The molecule has 2 heterocycles. The topological polar surface area (TPSA) is 61.8 Å². The molecule has 3 rings (SSSR count). The van der Waals surface area contributed by atoms with Crippen molar-refractivity contribution in [2.24, 2.45) is 0 Å². The zero-order valence-corrected chi connectivity index (χ0v) is 10.8. The molecule has 1 unspecified atom stereocenters. The number of hydrogen-bond donors (Lipinski definition) is 2. The number of hydrogen-bond acceptors (Lipinski definition) is 4. The molecule has 2 N–H and O–H groups in total. The average molecular weight is 262 g/mol. The predicted octanol–water partition coefficient (Wildman–Crippen LogP) is 1.47. The summed E-state index contributed by atoms with van der Waals surface area (Å²) in [5.74, 6) is 0.223. The molecule has 1 spiro atoms. The highest BCUT2D eigenvalue weighted by molar-refractivity contribution is 5.71. The maximum Gasteiger partial charge on any atom is 0.410 e. The van der Waals surface area contributed by atoms with E-state index in [1.54, 1.807) is 17.0 Å². The third kappa shape index (κ3) is 2.14. The van der Waals surface area contributed by atoms with Crippen LogP contribution in [0.25, 0.3) is 0 Å². The Morgan fingerprint density at radius 1 is 1.42 bits per heavy atom. The standard InChI is InChI=1S/C14H18N2O3/c17-12-5-2-1-4-11(12)8-16-13(18)19-10-14(16)6-3-7-15-9-14/h1-2,4-5,15,17H,3,6-10H2. The summed E-state index contributed by atoms with van der Waals surface area (Å²) in [5.41, 5.74) is 0.503. The molecule has 19 heavy (non-hydrogen) atoms. The fraction of sp³-hybridized carbons (Fsp3) is 0.500. The van der Waals surface area contributed by atoms with Crippen molar-refractivity contribution in [1.29, 1.82) is 0 Å². The maximum atomic E-state index is 12.0. The van der Waals surface area contributed by atoms with Gasteiger partial charge in [-0.1, -0.05) is 18.2 Å². The number of phenols is 1. The number of aromatic hydroxyl groups is 1. The van der Waals surface area contributed by atoms with Crippen molar-refractivity contribution in [3.8, 4) is 5.75 Å². The van der Waals surface area contributed by atoms with Gasteiger partial charge in [0.05, 0.1) is 12.1 Å². The summed E-state index contributed by atoms with van der Waals surface area (Å²) in [6.45, 7) is 2.58. The van der Waals surface area contributed by atoms with E-state index < -0.39 is 0 Å². The number of carbonyl (C=O) groups excluding carboxylic acids is 1. The molecule has 5 nitrogen and oxygen atoms in total. The SMILES string of the molecule is O=C1OCC2(CCCNC2)N1Cc1ccccc1O. The van der Waals surface area contributed by atoms with Crippen molar-refractivity contribution in [3.05, 3.63) is 29.8 Å². The number of benzene rings is 1. The molecule has 0 saturated carbocycles. The molecule has 0 bridgehead atoms. The Morgan fingerprint density at radius 3 is 3.00 bits per heavy atom. The van der Waals surface area contributed by atoms with Gasteiger partial charge in [0.2, 0.25) is 0 Å². The van der Waals surface area contributed by atoms with Crippen molar-refractivity contribution in [2.75, 3.05) is 19.7 Å². The fourth-order valence-electron chi connectivity index (χ4n) is 2.90. The second-order valence-corrected chi connectivity index (χ2v) is 5.27. The van der Waals surface area contributed by atoms with Gasteiger partial charge < -0.3 is 15.2 Å². The van der Waals surface area contributed by atoms with Crippen molar-refractivity contribution >= 4 is 6.09 Å². The predicted molar refractivity (Wildman–Crippen MR) is 69.8 cm³/mol. The second-order valence-electron chi connectivity index (χ2n) is 5.27. The van der Waals surface area contributed by atoms with Gasteiger partial charge in [0.1, 0.15) is 12.4 Å². The number of phenolic OH excluding ortho intramolecular Hbond substituents is 1. The summed E-state index contributed by atoms with van der Waals surface area (Å²) in [6.07, 6.45) is 1.69. The van der Waals surface area contributed by atoms with E-state index in [-0.39, 0.29) is 17.4 Å². The number of rotatable bonds is 2. The molecule has 0 aromatic heterocycles. The monoisotopic (exact) mass is 262 g/mol. The lowest BCUT2D eigenvalue weighted by Crippen LogP contribution is -2.56. The van der Waals surface area contributed by atoms with Crippen LogP contribution in [0.5, 0.6) is 5.75 Å². The van der Waals surface area contributed by atoms with Gasteiger partial charge in [0, 0.05) is 12.1 Å². The van der Waals surface area contributed by atoms with Gasteiger partial charge in [-0.05, 0) is 25.5 Å². The Labute approximate surface area is 112 Å². The third-order valence-electron chi connectivity index (χ3n) is 4.03. The summed E-state index contributed by atoms with van der Waals surface area (Å²) in [6, 6.07) is 7.12. The Hall–Kier alpha value is -1.75. The van der Waals surface area contributed by atoms with Gasteiger partial charge in [-0.15, -0.1) is 0 Å². The smallest absolute Gasteiger partial charge is 0.410 e. The number of carbonyl (C=O) groups is 1. The first-order chi connectivity index (χ1) is 9.21. The largest absolute Gasteiger partial charge is 0.508 e. The Morgan fingerprint density at radius 2 is 2.26 bits per heavy atom. The van der Waals surface area contributed by atoms with Crippen LogP contribution in [0.2, 0.25) is 0 Å².